The van der Waals surface area contributed by atoms with Gasteiger partial charge in [-0.2, -0.15) is 0 Å². The van der Waals surface area contributed by atoms with Crippen LogP contribution < -0.4 is 5.73 Å². The van der Waals surface area contributed by atoms with Gasteiger partial charge in [0.1, 0.15) is 12.2 Å². The van der Waals surface area contributed by atoms with Crippen molar-refractivity contribution >= 4 is 12.0 Å². The van der Waals surface area contributed by atoms with Crippen molar-refractivity contribution in [2.45, 2.75) is 32.4 Å². The van der Waals surface area contributed by atoms with E-state index in [0.717, 1.165) is 38.3 Å². The lowest BCUT2D eigenvalue weighted by Gasteiger charge is -2.39. The predicted molar refractivity (Wildman–Crippen MR) is 139 cm³/mol. The lowest BCUT2D eigenvalue weighted by molar-refractivity contribution is -0.160. The third kappa shape index (κ3) is 9.19. The monoisotopic (exact) mass is 508 g/mol. The van der Waals surface area contributed by atoms with Gasteiger partial charge in [-0.1, -0.05) is 42.5 Å². The maximum atomic E-state index is 11.8. The first-order valence-corrected chi connectivity index (χ1v) is 12.3. The number of urea groups is 1. The lowest BCUT2D eigenvalue weighted by atomic mass is 9.95. The van der Waals surface area contributed by atoms with Gasteiger partial charge in [0.25, 0.3) is 0 Å². The second-order valence-electron chi connectivity index (χ2n) is 9.84. The number of primary amides is 1. The molecule has 1 fully saturated rings. The van der Waals surface area contributed by atoms with E-state index in [1.807, 2.05) is 63.2 Å². The largest absolute Gasteiger partial charge is 0.458 e. The summed E-state index contributed by atoms with van der Waals surface area (Å²) < 4.78 is 10.8. The maximum Gasteiger partial charge on any atom is 0.351 e. The van der Waals surface area contributed by atoms with Crippen LogP contribution in [0.5, 0.6) is 0 Å². The van der Waals surface area contributed by atoms with Crippen molar-refractivity contribution in [3.05, 3.63) is 71.3 Å². The Hall–Kier alpha value is -3.42. The molecule has 9 nitrogen and oxygen atoms in total. The number of hydrogen-bond acceptors (Lipinski definition) is 7. The Morgan fingerprint density at radius 2 is 1.65 bits per heavy atom. The fourth-order valence-corrected chi connectivity index (χ4v) is 4.14. The topological polar surface area (TPSA) is 109 Å². The molecular weight excluding hydrogens is 472 g/mol. The third-order valence-electron chi connectivity index (χ3n) is 5.82. The molecule has 1 unspecified atom stereocenters. The first-order chi connectivity index (χ1) is 17.6. The van der Waals surface area contributed by atoms with Gasteiger partial charge < -0.3 is 15.2 Å². The molecule has 2 aromatic carbocycles. The van der Waals surface area contributed by atoms with E-state index in [0.29, 0.717) is 12.2 Å². The molecule has 3 N–H and O–H groups in total. The van der Waals surface area contributed by atoms with Crippen LogP contribution in [0.15, 0.2) is 54.6 Å². The van der Waals surface area contributed by atoms with E-state index in [9.17, 15) is 14.8 Å². The average molecular weight is 509 g/mol. The number of rotatable bonds is 8. The average Bonchev–Trinajstić information content (AvgIpc) is 2.86. The van der Waals surface area contributed by atoms with Gasteiger partial charge in [-0.05, 0) is 50.0 Å². The van der Waals surface area contributed by atoms with Crippen molar-refractivity contribution in [2.24, 2.45) is 5.73 Å². The first kappa shape index (κ1) is 28.2. The lowest BCUT2D eigenvalue weighted by Crippen LogP contribution is -2.48. The summed E-state index contributed by atoms with van der Waals surface area (Å²) in [6.45, 7) is 10.3. The SMILES string of the molecule is CC(C)(C)OC(=O)COCCN1CCN(C(c2ccccc2)c2ccc(C#CN(O)C(N)=O)cc2)CC1. The Balaban J connectivity index is 1.58. The minimum Gasteiger partial charge on any atom is -0.458 e. The molecule has 1 aliphatic rings. The number of piperazine rings is 1. The molecule has 0 saturated carbocycles. The summed E-state index contributed by atoms with van der Waals surface area (Å²) >= 11 is 0. The van der Waals surface area contributed by atoms with Crippen molar-refractivity contribution < 1.29 is 24.3 Å². The Morgan fingerprint density at radius 3 is 2.24 bits per heavy atom. The number of benzene rings is 2. The Labute approximate surface area is 218 Å². The van der Waals surface area contributed by atoms with Gasteiger partial charge in [0.15, 0.2) is 0 Å². The number of carbonyl (C=O) groups excluding carboxylic acids is 2. The van der Waals surface area contributed by atoms with Gasteiger partial charge in [-0.3, -0.25) is 15.0 Å². The van der Waals surface area contributed by atoms with E-state index < -0.39 is 11.6 Å². The van der Waals surface area contributed by atoms with Gasteiger partial charge in [-0.15, -0.1) is 5.06 Å². The first-order valence-electron chi connectivity index (χ1n) is 12.3. The molecule has 1 aliphatic heterocycles. The minimum absolute atomic E-state index is 0.0352. The van der Waals surface area contributed by atoms with Gasteiger partial charge >= 0.3 is 12.0 Å². The second-order valence-corrected chi connectivity index (χ2v) is 9.84. The summed E-state index contributed by atoms with van der Waals surface area (Å²) in [5.74, 6) is 2.38. The molecule has 1 heterocycles. The highest BCUT2D eigenvalue weighted by Gasteiger charge is 2.26. The van der Waals surface area contributed by atoms with E-state index in [1.54, 1.807) is 0 Å². The van der Waals surface area contributed by atoms with Crippen molar-refractivity contribution in [3.8, 4) is 12.0 Å². The highest BCUT2D eigenvalue weighted by molar-refractivity contribution is 5.72. The molecule has 0 aliphatic carbocycles. The van der Waals surface area contributed by atoms with Crippen LogP contribution in [0, 0.1) is 12.0 Å². The number of hydroxylamine groups is 2. The minimum atomic E-state index is -1.03. The van der Waals surface area contributed by atoms with E-state index in [1.165, 1.54) is 5.56 Å². The van der Waals surface area contributed by atoms with E-state index in [2.05, 4.69) is 33.9 Å². The molecule has 0 aromatic heterocycles. The molecule has 3 rings (SSSR count). The number of esters is 1. The molecule has 37 heavy (non-hydrogen) atoms. The molecular formula is C28H36N4O5. The van der Waals surface area contributed by atoms with Crippen LogP contribution >= 0.6 is 0 Å². The van der Waals surface area contributed by atoms with Crippen LogP contribution in [-0.2, 0) is 14.3 Å². The van der Waals surface area contributed by atoms with Crippen LogP contribution in [0.2, 0.25) is 0 Å². The van der Waals surface area contributed by atoms with Crippen LogP contribution in [0.4, 0.5) is 4.79 Å². The van der Waals surface area contributed by atoms with Crippen LogP contribution in [0.25, 0.3) is 0 Å². The van der Waals surface area contributed by atoms with Gasteiger partial charge in [0.05, 0.1) is 18.7 Å². The van der Waals surface area contributed by atoms with Crippen LogP contribution in [-0.4, -0.2) is 83.6 Å². The third-order valence-corrected chi connectivity index (χ3v) is 5.82. The smallest absolute Gasteiger partial charge is 0.351 e. The summed E-state index contributed by atoms with van der Waals surface area (Å²) in [4.78, 5) is 27.5. The quantitative estimate of drug-likeness (QED) is 0.141. The van der Waals surface area contributed by atoms with Crippen molar-refractivity contribution in [1.82, 2.24) is 14.9 Å². The number of ether oxygens (including phenoxy) is 2. The van der Waals surface area contributed by atoms with E-state index in [-0.39, 0.29) is 23.7 Å². The fourth-order valence-electron chi connectivity index (χ4n) is 4.14. The molecule has 2 amide bonds. The standard InChI is InChI=1S/C28H36N4O5/c1-28(2,3)37-25(33)21-36-20-19-30-15-17-31(18-16-30)26(23-7-5-4-6-8-23)24-11-9-22(10-12-24)13-14-32(35)27(29)34/h4-12,26,35H,15-21H2,1-3H3,(H2,29,34). The van der Waals surface area contributed by atoms with Gasteiger partial charge in [0, 0.05) is 38.3 Å². The molecule has 1 saturated heterocycles. The van der Waals surface area contributed by atoms with E-state index in [4.69, 9.17) is 15.2 Å². The zero-order valence-corrected chi connectivity index (χ0v) is 21.7. The number of nitrogens with zero attached hydrogens (tertiary/aromatic N) is 3. The zero-order chi connectivity index (χ0) is 26.8. The maximum absolute atomic E-state index is 11.8. The normalized spacial score (nSPS) is 15.4. The fraction of sp³-hybridized carbons (Fsp3) is 0.429. The highest BCUT2D eigenvalue weighted by Crippen LogP contribution is 2.29. The summed E-state index contributed by atoms with van der Waals surface area (Å²) in [5.41, 5.74) is 7.46. The van der Waals surface area contributed by atoms with Crippen molar-refractivity contribution in [2.75, 3.05) is 45.9 Å². The molecule has 2 aromatic rings. The van der Waals surface area contributed by atoms with Gasteiger partial charge in [-0.25, -0.2) is 9.59 Å². The van der Waals surface area contributed by atoms with Crippen LogP contribution in [0.1, 0.15) is 43.5 Å². The Bertz CT molecular complexity index is 1080. The zero-order valence-electron chi connectivity index (χ0n) is 21.7. The summed E-state index contributed by atoms with van der Waals surface area (Å²) in [5, 5.41) is 9.52. The number of carbonyl (C=O) groups is 2. The summed E-state index contributed by atoms with van der Waals surface area (Å²) in [6.07, 6.45) is 0. The number of nitrogens with two attached hydrogens (primary N) is 1. The molecule has 0 bridgehead atoms. The van der Waals surface area contributed by atoms with Crippen molar-refractivity contribution in [3.63, 3.8) is 0 Å². The second kappa shape index (κ2) is 13.2. The molecule has 0 radical (unpaired) electrons. The number of amides is 2. The number of hydrogen-bond donors (Lipinski definition) is 2. The van der Waals surface area contributed by atoms with Gasteiger partial charge in [0.2, 0.25) is 0 Å². The van der Waals surface area contributed by atoms with E-state index >= 15 is 0 Å². The van der Waals surface area contributed by atoms with Crippen molar-refractivity contribution in [1.29, 1.82) is 0 Å². The highest BCUT2D eigenvalue weighted by atomic mass is 16.6. The Morgan fingerprint density at radius 1 is 1.03 bits per heavy atom. The molecule has 1 atom stereocenters. The summed E-state index contributed by atoms with van der Waals surface area (Å²) in [6, 6.07) is 19.5. The molecule has 9 heteroatoms. The van der Waals surface area contributed by atoms with Crippen LogP contribution in [0.3, 0.4) is 0 Å². The Kier molecular flexibility index (Phi) is 10.1. The molecule has 198 valence electrons. The summed E-state index contributed by atoms with van der Waals surface area (Å²) in [7, 11) is 0. The predicted octanol–water partition coefficient (Wildman–Crippen LogP) is 2.83. The molecule has 0 spiro atoms.